The lowest BCUT2D eigenvalue weighted by Crippen LogP contribution is -2.33. The molecule has 0 aliphatic heterocycles. The van der Waals surface area contributed by atoms with Gasteiger partial charge in [0.2, 0.25) is 0 Å². The molecule has 0 atom stereocenters. The highest BCUT2D eigenvalue weighted by Crippen LogP contribution is 2.26. The van der Waals surface area contributed by atoms with Crippen LogP contribution < -0.4 is 0 Å². The van der Waals surface area contributed by atoms with E-state index in [1.54, 1.807) is 25.1 Å². The normalized spacial score (nSPS) is 10.2. The Balaban J connectivity index is 2.89. The van der Waals surface area contributed by atoms with Crippen LogP contribution in [0.4, 0.5) is 0 Å². The van der Waals surface area contributed by atoms with E-state index in [1.807, 2.05) is 0 Å². The van der Waals surface area contributed by atoms with Crippen molar-refractivity contribution in [3.05, 3.63) is 33.3 Å². The van der Waals surface area contributed by atoms with Gasteiger partial charge in [-0.15, -0.1) is 0 Å². The van der Waals surface area contributed by atoms with Crippen LogP contribution in [0.2, 0.25) is 5.02 Å². The highest BCUT2D eigenvalue weighted by atomic mass is 79.9. The molecule has 0 aromatic heterocycles. The average Bonchev–Trinajstić information content (AvgIpc) is 2.32. The summed E-state index contributed by atoms with van der Waals surface area (Å²) in [7, 11) is 0. The molecule has 4 nitrogen and oxygen atoms in total. The molecule has 0 unspecified atom stereocenters. The van der Waals surface area contributed by atoms with Gasteiger partial charge in [0.05, 0.1) is 17.0 Å². The van der Waals surface area contributed by atoms with E-state index in [9.17, 15) is 9.59 Å². The molecule has 0 radical (unpaired) electrons. The zero-order chi connectivity index (χ0) is 13.7. The lowest BCUT2D eigenvalue weighted by Gasteiger charge is -2.20. The number of aliphatic carboxylic acids is 1. The predicted molar refractivity (Wildman–Crippen MR) is 73.0 cm³/mol. The van der Waals surface area contributed by atoms with Crippen molar-refractivity contribution in [2.45, 2.75) is 13.3 Å². The maximum atomic E-state index is 12.2. The molecule has 0 bridgehead atoms. The lowest BCUT2D eigenvalue weighted by atomic mass is 10.2. The van der Waals surface area contributed by atoms with E-state index in [1.165, 1.54) is 4.90 Å². The summed E-state index contributed by atoms with van der Waals surface area (Å²) in [6.07, 6.45) is -0.0782. The zero-order valence-corrected chi connectivity index (χ0v) is 12.2. The Morgan fingerprint density at radius 2 is 2.11 bits per heavy atom. The Labute approximate surface area is 119 Å². The molecule has 98 valence electrons. The highest BCUT2D eigenvalue weighted by molar-refractivity contribution is 9.10. The van der Waals surface area contributed by atoms with Gasteiger partial charge in [0, 0.05) is 17.6 Å². The highest BCUT2D eigenvalue weighted by Gasteiger charge is 2.18. The summed E-state index contributed by atoms with van der Waals surface area (Å²) >= 11 is 9.29. The SMILES string of the molecule is CCN(CCC(=O)O)C(=O)c1cccc(Br)c1Cl. The average molecular weight is 335 g/mol. The first-order valence-electron chi connectivity index (χ1n) is 5.42. The molecule has 0 saturated carbocycles. The minimum absolute atomic E-state index is 0.0782. The van der Waals surface area contributed by atoms with Crippen LogP contribution in [0.5, 0.6) is 0 Å². The second-order valence-corrected chi connectivity index (χ2v) is 4.86. The van der Waals surface area contributed by atoms with Gasteiger partial charge in [-0.25, -0.2) is 0 Å². The number of carboxylic acids is 1. The Bertz CT molecular complexity index is 465. The van der Waals surface area contributed by atoms with E-state index in [0.29, 0.717) is 21.6 Å². The van der Waals surface area contributed by atoms with Gasteiger partial charge in [-0.05, 0) is 35.0 Å². The number of carbonyl (C=O) groups excluding carboxylic acids is 1. The smallest absolute Gasteiger partial charge is 0.305 e. The van der Waals surface area contributed by atoms with Crippen molar-refractivity contribution in [1.29, 1.82) is 0 Å². The van der Waals surface area contributed by atoms with Crippen molar-refractivity contribution in [3.63, 3.8) is 0 Å². The van der Waals surface area contributed by atoms with Gasteiger partial charge in [0.25, 0.3) is 5.91 Å². The number of carboxylic acid groups (broad SMARTS) is 1. The number of hydrogen-bond acceptors (Lipinski definition) is 2. The summed E-state index contributed by atoms with van der Waals surface area (Å²) in [5.74, 6) is -1.19. The van der Waals surface area contributed by atoms with Crippen molar-refractivity contribution in [2.24, 2.45) is 0 Å². The molecule has 1 aromatic carbocycles. The van der Waals surface area contributed by atoms with Gasteiger partial charge >= 0.3 is 5.97 Å². The largest absolute Gasteiger partial charge is 0.481 e. The van der Waals surface area contributed by atoms with Crippen LogP contribution in [0.25, 0.3) is 0 Å². The zero-order valence-electron chi connectivity index (χ0n) is 9.82. The number of carbonyl (C=O) groups is 2. The molecular formula is C12H13BrClNO3. The molecule has 1 rings (SSSR count). The molecule has 6 heteroatoms. The van der Waals surface area contributed by atoms with Crippen molar-refractivity contribution in [3.8, 4) is 0 Å². The Kier molecular flexibility index (Phi) is 5.62. The van der Waals surface area contributed by atoms with Crippen molar-refractivity contribution in [1.82, 2.24) is 4.90 Å². The first kappa shape index (κ1) is 15.0. The maximum absolute atomic E-state index is 12.2. The first-order chi connectivity index (χ1) is 8.47. The number of hydrogen-bond donors (Lipinski definition) is 1. The van der Waals surface area contributed by atoms with Gasteiger partial charge in [0.15, 0.2) is 0 Å². The van der Waals surface area contributed by atoms with E-state index in [0.717, 1.165) is 0 Å². The van der Waals surface area contributed by atoms with Gasteiger partial charge in [-0.2, -0.15) is 0 Å². The monoisotopic (exact) mass is 333 g/mol. The Hall–Kier alpha value is -1.07. The molecule has 0 heterocycles. The third kappa shape index (κ3) is 3.71. The second-order valence-electron chi connectivity index (χ2n) is 3.63. The molecule has 0 aliphatic rings. The molecule has 0 spiro atoms. The molecule has 1 aromatic rings. The molecule has 0 aliphatic carbocycles. The summed E-state index contributed by atoms with van der Waals surface area (Å²) in [5, 5.41) is 8.98. The van der Waals surface area contributed by atoms with E-state index in [-0.39, 0.29) is 18.9 Å². The van der Waals surface area contributed by atoms with Crippen LogP contribution in [0, 0.1) is 0 Å². The molecular weight excluding hydrogens is 321 g/mol. The standard InChI is InChI=1S/C12H13BrClNO3/c1-2-15(7-6-10(16)17)12(18)8-4-3-5-9(13)11(8)14/h3-5H,2,6-7H2,1H3,(H,16,17). The van der Waals surface area contributed by atoms with Gasteiger partial charge in [0.1, 0.15) is 0 Å². The summed E-state index contributed by atoms with van der Waals surface area (Å²) in [6, 6.07) is 5.08. The number of benzene rings is 1. The maximum Gasteiger partial charge on any atom is 0.305 e. The van der Waals surface area contributed by atoms with Crippen LogP contribution >= 0.6 is 27.5 Å². The number of halogens is 2. The molecule has 1 amide bonds. The van der Waals surface area contributed by atoms with E-state index < -0.39 is 5.97 Å². The topological polar surface area (TPSA) is 57.6 Å². The fraction of sp³-hybridized carbons (Fsp3) is 0.333. The van der Waals surface area contributed by atoms with Crippen LogP contribution in [-0.2, 0) is 4.79 Å². The van der Waals surface area contributed by atoms with E-state index >= 15 is 0 Å². The quantitative estimate of drug-likeness (QED) is 0.900. The van der Waals surface area contributed by atoms with Crippen molar-refractivity contribution < 1.29 is 14.7 Å². The third-order valence-corrected chi connectivity index (χ3v) is 3.74. The third-order valence-electron chi connectivity index (χ3n) is 2.45. The number of nitrogens with zero attached hydrogens (tertiary/aromatic N) is 1. The van der Waals surface area contributed by atoms with Gasteiger partial charge in [-0.1, -0.05) is 17.7 Å². The lowest BCUT2D eigenvalue weighted by molar-refractivity contribution is -0.137. The fourth-order valence-corrected chi connectivity index (χ4v) is 2.05. The Morgan fingerprint density at radius 3 is 2.67 bits per heavy atom. The van der Waals surface area contributed by atoms with E-state index in [4.69, 9.17) is 16.7 Å². The van der Waals surface area contributed by atoms with Crippen LogP contribution in [0.3, 0.4) is 0 Å². The van der Waals surface area contributed by atoms with Gasteiger partial charge in [-0.3, -0.25) is 9.59 Å². The van der Waals surface area contributed by atoms with Crippen molar-refractivity contribution >= 4 is 39.4 Å². The number of amides is 1. The van der Waals surface area contributed by atoms with Crippen LogP contribution in [0.15, 0.2) is 22.7 Å². The number of rotatable bonds is 5. The predicted octanol–water partition coefficient (Wildman–Crippen LogP) is 3.04. The first-order valence-corrected chi connectivity index (χ1v) is 6.59. The minimum atomic E-state index is -0.929. The fourth-order valence-electron chi connectivity index (χ4n) is 1.47. The summed E-state index contributed by atoms with van der Waals surface area (Å²) < 4.78 is 0.643. The summed E-state index contributed by atoms with van der Waals surface area (Å²) in [6.45, 7) is 2.41. The summed E-state index contributed by atoms with van der Waals surface area (Å²) in [4.78, 5) is 24.2. The minimum Gasteiger partial charge on any atom is -0.481 e. The second kappa shape index (κ2) is 6.75. The molecule has 1 N–H and O–H groups in total. The molecule has 18 heavy (non-hydrogen) atoms. The van der Waals surface area contributed by atoms with Crippen LogP contribution in [0.1, 0.15) is 23.7 Å². The molecule has 0 fully saturated rings. The van der Waals surface area contributed by atoms with Gasteiger partial charge < -0.3 is 10.0 Å². The van der Waals surface area contributed by atoms with E-state index in [2.05, 4.69) is 15.9 Å². The molecule has 0 saturated heterocycles. The van der Waals surface area contributed by atoms with Crippen LogP contribution in [-0.4, -0.2) is 35.0 Å². The summed E-state index contributed by atoms with van der Waals surface area (Å²) in [5.41, 5.74) is 0.373. The van der Waals surface area contributed by atoms with Crippen molar-refractivity contribution in [2.75, 3.05) is 13.1 Å². The Morgan fingerprint density at radius 1 is 1.44 bits per heavy atom.